The van der Waals surface area contributed by atoms with Crippen LogP contribution >= 0.6 is 23.2 Å². The minimum Gasteiger partial charge on any atom is -0.494 e. The van der Waals surface area contributed by atoms with Gasteiger partial charge >= 0.3 is 11.9 Å². The topological polar surface area (TPSA) is 98.0 Å². The van der Waals surface area contributed by atoms with E-state index < -0.39 is 17.7 Å². The first kappa shape index (κ1) is 17.8. The molecule has 0 aliphatic carbocycles. The lowest BCUT2D eigenvalue weighted by Gasteiger charge is -2.09. The highest BCUT2D eigenvalue weighted by Gasteiger charge is 2.22. The monoisotopic (exact) mass is 344 g/mol. The zero-order valence-corrected chi connectivity index (χ0v) is 13.1. The van der Waals surface area contributed by atoms with Gasteiger partial charge in [-0.3, -0.25) is 0 Å². The van der Waals surface area contributed by atoms with Gasteiger partial charge in [0.25, 0.3) is 5.71 Å². The summed E-state index contributed by atoms with van der Waals surface area (Å²) in [6.45, 7) is 1.59. The fourth-order valence-electron chi connectivity index (χ4n) is 1.36. The predicted molar refractivity (Wildman–Crippen MR) is 78.1 cm³/mol. The molecule has 0 unspecified atom stereocenters. The average molecular weight is 345 g/mol. The lowest BCUT2D eigenvalue weighted by Crippen LogP contribution is -2.17. The number of ether oxygens (including phenoxy) is 2. The first-order valence-corrected chi connectivity index (χ1v) is 6.60. The molecule has 7 nitrogen and oxygen atoms in total. The average Bonchev–Trinajstić information content (AvgIpc) is 2.49. The van der Waals surface area contributed by atoms with Gasteiger partial charge in [-0.1, -0.05) is 28.4 Å². The predicted octanol–water partition coefficient (Wildman–Crippen LogP) is 2.60. The van der Waals surface area contributed by atoms with Crippen molar-refractivity contribution < 1.29 is 23.9 Å². The number of rotatable bonds is 5. The minimum atomic E-state index is -1.04. The van der Waals surface area contributed by atoms with Crippen molar-refractivity contribution in [1.82, 2.24) is 0 Å². The quantitative estimate of drug-likeness (QED) is 0.352. The van der Waals surface area contributed by atoms with Crippen molar-refractivity contribution in [2.45, 2.75) is 6.92 Å². The second-order valence-electron chi connectivity index (χ2n) is 3.59. The number of halogens is 2. The van der Waals surface area contributed by atoms with Gasteiger partial charge in [0.2, 0.25) is 0 Å². The Morgan fingerprint density at radius 1 is 1.32 bits per heavy atom. The van der Waals surface area contributed by atoms with Gasteiger partial charge in [-0.2, -0.15) is 5.26 Å². The van der Waals surface area contributed by atoms with E-state index in [1.165, 1.54) is 25.3 Å². The van der Waals surface area contributed by atoms with Gasteiger partial charge in [-0.05, 0) is 19.1 Å². The number of nitriles is 1. The maximum atomic E-state index is 12.0. The van der Waals surface area contributed by atoms with Crippen LogP contribution in [-0.4, -0.2) is 31.4 Å². The third-order valence-electron chi connectivity index (χ3n) is 2.26. The van der Waals surface area contributed by atoms with Gasteiger partial charge in [0.1, 0.15) is 11.6 Å². The fourth-order valence-corrected chi connectivity index (χ4v) is 1.82. The summed E-state index contributed by atoms with van der Waals surface area (Å²) >= 11 is 11.8. The second kappa shape index (κ2) is 8.22. The lowest BCUT2D eigenvalue weighted by molar-refractivity contribution is -0.135. The summed E-state index contributed by atoms with van der Waals surface area (Å²) < 4.78 is 9.54. The van der Waals surface area contributed by atoms with Gasteiger partial charge < -0.3 is 14.3 Å². The molecule has 0 N–H and O–H groups in total. The molecule has 1 aromatic rings. The van der Waals surface area contributed by atoms with Crippen LogP contribution in [0.3, 0.4) is 0 Å². The molecule has 0 aliphatic rings. The number of nitrogens with zero attached hydrogens (tertiary/aromatic N) is 2. The van der Waals surface area contributed by atoms with E-state index in [1.807, 2.05) is 0 Å². The third-order valence-corrected chi connectivity index (χ3v) is 2.87. The number of carbonyl (C=O) groups excluding carboxylic acids is 2. The van der Waals surface area contributed by atoms with E-state index in [0.717, 1.165) is 0 Å². The van der Waals surface area contributed by atoms with Crippen LogP contribution in [0.1, 0.15) is 17.3 Å². The Kier molecular flexibility index (Phi) is 6.63. The SMILES string of the molecule is CCOC(=O)C(C#N)=NOC(=O)c1c(Cl)ccc(Cl)c1OC. The van der Waals surface area contributed by atoms with Gasteiger partial charge in [-0.25, -0.2) is 9.59 Å². The number of benzene rings is 1. The fraction of sp³-hybridized carbons (Fsp3) is 0.231. The van der Waals surface area contributed by atoms with Gasteiger partial charge in [-0.15, -0.1) is 0 Å². The molecule has 0 saturated carbocycles. The molecule has 0 amide bonds. The molecule has 0 radical (unpaired) electrons. The second-order valence-corrected chi connectivity index (χ2v) is 4.40. The van der Waals surface area contributed by atoms with Crippen LogP contribution in [0.5, 0.6) is 5.75 Å². The maximum absolute atomic E-state index is 12.0. The molecule has 0 heterocycles. The summed E-state index contributed by atoms with van der Waals surface area (Å²) in [5.74, 6) is -2.06. The molecule has 0 fully saturated rings. The Labute approximate surface area is 135 Å². The highest BCUT2D eigenvalue weighted by molar-refractivity contribution is 6.43. The van der Waals surface area contributed by atoms with Crippen LogP contribution in [-0.2, 0) is 14.4 Å². The summed E-state index contributed by atoms with van der Waals surface area (Å²) in [5.41, 5.74) is -0.895. The van der Waals surface area contributed by atoms with Crippen molar-refractivity contribution in [2.24, 2.45) is 5.16 Å². The Balaban J connectivity index is 3.07. The molecule has 0 saturated heterocycles. The van der Waals surface area contributed by atoms with E-state index in [0.29, 0.717) is 0 Å². The summed E-state index contributed by atoms with van der Waals surface area (Å²) in [7, 11) is 1.29. The van der Waals surface area contributed by atoms with Crippen molar-refractivity contribution in [1.29, 1.82) is 5.26 Å². The van der Waals surface area contributed by atoms with Gasteiger partial charge in [0.15, 0.2) is 5.75 Å². The van der Waals surface area contributed by atoms with Crippen LogP contribution in [0.25, 0.3) is 0 Å². The normalized spacial score (nSPS) is 10.6. The molecule has 0 atom stereocenters. The molecular formula is C13H10Cl2N2O5. The molecule has 0 aromatic heterocycles. The van der Waals surface area contributed by atoms with E-state index in [1.54, 1.807) is 6.92 Å². The molecular weight excluding hydrogens is 335 g/mol. The molecule has 116 valence electrons. The largest absolute Gasteiger partial charge is 0.494 e. The number of methoxy groups -OCH3 is 1. The Hall–Kier alpha value is -2.30. The van der Waals surface area contributed by atoms with E-state index in [-0.39, 0.29) is 28.0 Å². The maximum Gasteiger partial charge on any atom is 0.371 e. The van der Waals surface area contributed by atoms with Crippen molar-refractivity contribution in [2.75, 3.05) is 13.7 Å². The molecule has 1 rings (SSSR count). The molecule has 22 heavy (non-hydrogen) atoms. The standard InChI is InChI=1S/C13H10Cl2N2O5/c1-3-21-12(18)9(6-16)17-22-13(19)10-7(14)4-5-8(15)11(10)20-2/h4-5H,3H2,1-2H3. The van der Waals surface area contributed by atoms with E-state index in [4.69, 9.17) is 33.2 Å². The number of hydrogen-bond acceptors (Lipinski definition) is 7. The third kappa shape index (κ3) is 4.10. The van der Waals surface area contributed by atoms with Crippen LogP contribution in [0.4, 0.5) is 0 Å². The van der Waals surface area contributed by atoms with Crippen LogP contribution in [0.2, 0.25) is 10.0 Å². The van der Waals surface area contributed by atoms with Crippen LogP contribution in [0, 0.1) is 11.3 Å². The van der Waals surface area contributed by atoms with Gasteiger partial charge in [0, 0.05) is 0 Å². The summed E-state index contributed by atoms with van der Waals surface area (Å²) in [6, 6.07) is 4.25. The zero-order chi connectivity index (χ0) is 16.7. The Morgan fingerprint density at radius 3 is 2.50 bits per heavy atom. The smallest absolute Gasteiger partial charge is 0.371 e. The molecule has 9 heteroatoms. The van der Waals surface area contributed by atoms with Gasteiger partial charge in [0.05, 0.1) is 23.8 Å². The number of carbonyl (C=O) groups is 2. The highest BCUT2D eigenvalue weighted by Crippen LogP contribution is 2.34. The van der Waals surface area contributed by atoms with E-state index in [2.05, 4.69) is 14.7 Å². The number of oxime groups is 1. The molecule has 0 bridgehead atoms. The summed E-state index contributed by atoms with van der Waals surface area (Å²) in [6.07, 6.45) is 0. The zero-order valence-electron chi connectivity index (χ0n) is 11.6. The summed E-state index contributed by atoms with van der Waals surface area (Å²) in [4.78, 5) is 27.8. The van der Waals surface area contributed by atoms with Crippen molar-refractivity contribution in [3.8, 4) is 11.8 Å². The Morgan fingerprint density at radius 2 is 1.95 bits per heavy atom. The van der Waals surface area contributed by atoms with Crippen molar-refractivity contribution >= 4 is 40.9 Å². The van der Waals surface area contributed by atoms with E-state index >= 15 is 0 Å². The molecule has 0 spiro atoms. The van der Waals surface area contributed by atoms with Crippen molar-refractivity contribution in [3.05, 3.63) is 27.7 Å². The minimum absolute atomic E-state index is 0.0102. The van der Waals surface area contributed by atoms with Crippen LogP contribution < -0.4 is 4.74 Å². The number of esters is 1. The first-order valence-electron chi connectivity index (χ1n) is 5.84. The van der Waals surface area contributed by atoms with Crippen molar-refractivity contribution in [3.63, 3.8) is 0 Å². The molecule has 0 aliphatic heterocycles. The summed E-state index contributed by atoms with van der Waals surface area (Å²) in [5, 5.41) is 12.1. The first-order chi connectivity index (χ1) is 10.5. The van der Waals surface area contributed by atoms with E-state index in [9.17, 15) is 9.59 Å². The molecule has 1 aromatic carbocycles. The lowest BCUT2D eigenvalue weighted by atomic mass is 10.2. The van der Waals surface area contributed by atoms with Crippen LogP contribution in [0.15, 0.2) is 17.3 Å². The number of hydrogen-bond donors (Lipinski definition) is 0. The Bertz CT molecular complexity index is 667. The highest BCUT2D eigenvalue weighted by atomic mass is 35.5.